The second-order valence-electron chi connectivity index (χ2n) is 5.14. The van der Waals surface area contributed by atoms with Crippen LogP contribution in [0.3, 0.4) is 0 Å². The van der Waals surface area contributed by atoms with Gasteiger partial charge in [-0.1, -0.05) is 66.7 Å². The average Bonchev–Trinajstić information content (AvgIpc) is 2.60. The molecule has 0 spiro atoms. The lowest BCUT2D eigenvalue weighted by atomic mass is 10.2. The first kappa shape index (κ1) is 14.2. The van der Waals surface area contributed by atoms with E-state index in [-0.39, 0.29) is 0 Å². The maximum atomic E-state index is 5.84. The van der Waals surface area contributed by atoms with Gasteiger partial charge in [-0.15, -0.1) is 0 Å². The molecular weight excluding hydrogens is 270 g/mol. The van der Waals surface area contributed by atoms with E-state index in [9.17, 15) is 0 Å². The average molecular weight is 289 g/mol. The van der Waals surface area contributed by atoms with Crippen LogP contribution < -0.4 is 10.1 Å². The highest BCUT2D eigenvalue weighted by Crippen LogP contribution is 2.19. The van der Waals surface area contributed by atoms with Crippen LogP contribution in [0.1, 0.15) is 11.1 Å². The Hall–Kier alpha value is -2.74. The lowest BCUT2D eigenvalue weighted by molar-refractivity contribution is 0.306. The van der Waals surface area contributed by atoms with E-state index in [1.807, 2.05) is 42.5 Å². The quantitative estimate of drug-likeness (QED) is 0.698. The van der Waals surface area contributed by atoms with Crippen molar-refractivity contribution in [1.82, 2.24) is 0 Å². The smallest absolute Gasteiger partial charge is 0.121 e. The molecule has 0 bridgehead atoms. The Balaban J connectivity index is 1.58. The topological polar surface area (TPSA) is 21.3 Å². The Bertz CT molecular complexity index is 636. The fraction of sp³-hybridized carbons (Fsp3) is 0.100. The lowest BCUT2D eigenvalue weighted by Gasteiger charge is -2.10. The number of ether oxygens (including phenoxy) is 1. The summed E-state index contributed by atoms with van der Waals surface area (Å²) in [7, 11) is 0. The van der Waals surface area contributed by atoms with E-state index in [0.29, 0.717) is 6.61 Å². The second-order valence-corrected chi connectivity index (χ2v) is 5.14. The van der Waals surface area contributed by atoms with Crippen LogP contribution >= 0.6 is 0 Å². The summed E-state index contributed by atoms with van der Waals surface area (Å²) in [5.41, 5.74) is 3.50. The third kappa shape index (κ3) is 4.13. The third-order valence-electron chi connectivity index (χ3n) is 3.42. The van der Waals surface area contributed by atoms with Gasteiger partial charge in [0, 0.05) is 18.3 Å². The monoisotopic (exact) mass is 289 g/mol. The maximum absolute atomic E-state index is 5.84. The summed E-state index contributed by atoms with van der Waals surface area (Å²) in [6, 6.07) is 28.6. The summed E-state index contributed by atoms with van der Waals surface area (Å²) in [5.74, 6) is 0.877. The van der Waals surface area contributed by atoms with Crippen molar-refractivity contribution in [3.05, 3.63) is 96.1 Å². The highest BCUT2D eigenvalue weighted by molar-refractivity contribution is 5.48. The first-order valence-corrected chi connectivity index (χ1v) is 7.45. The summed E-state index contributed by atoms with van der Waals surface area (Å²) in [6.45, 7) is 1.39. The molecule has 0 aliphatic carbocycles. The van der Waals surface area contributed by atoms with Crippen LogP contribution in [0, 0.1) is 0 Å². The summed E-state index contributed by atoms with van der Waals surface area (Å²) in [4.78, 5) is 0. The Morgan fingerprint density at radius 3 is 2.09 bits per heavy atom. The molecular formula is C20H19NO. The lowest BCUT2D eigenvalue weighted by Crippen LogP contribution is -2.00. The van der Waals surface area contributed by atoms with Gasteiger partial charge in [0.15, 0.2) is 0 Å². The van der Waals surface area contributed by atoms with Crippen LogP contribution in [0.25, 0.3) is 0 Å². The van der Waals surface area contributed by atoms with Crippen LogP contribution in [0.5, 0.6) is 5.75 Å². The molecule has 0 aromatic heterocycles. The highest BCUT2D eigenvalue weighted by atomic mass is 16.5. The molecule has 1 N–H and O–H groups in total. The molecule has 110 valence electrons. The Labute approximate surface area is 131 Å². The third-order valence-corrected chi connectivity index (χ3v) is 3.42. The van der Waals surface area contributed by atoms with Gasteiger partial charge in [0.05, 0.1) is 0 Å². The minimum absolute atomic E-state index is 0.586. The molecule has 0 saturated carbocycles. The van der Waals surface area contributed by atoms with Gasteiger partial charge < -0.3 is 10.1 Å². The number of benzene rings is 3. The summed E-state index contributed by atoms with van der Waals surface area (Å²) < 4.78 is 5.84. The van der Waals surface area contributed by atoms with Crippen molar-refractivity contribution < 1.29 is 4.74 Å². The van der Waals surface area contributed by atoms with Crippen LogP contribution in [-0.2, 0) is 13.2 Å². The Morgan fingerprint density at radius 1 is 0.682 bits per heavy atom. The van der Waals surface area contributed by atoms with E-state index >= 15 is 0 Å². The van der Waals surface area contributed by atoms with E-state index in [2.05, 4.69) is 47.8 Å². The predicted octanol–water partition coefficient (Wildman–Crippen LogP) is 4.88. The first-order chi connectivity index (χ1) is 10.9. The van der Waals surface area contributed by atoms with Gasteiger partial charge in [-0.25, -0.2) is 0 Å². The van der Waals surface area contributed by atoms with Crippen molar-refractivity contribution in [2.75, 3.05) is 5.32 Å². The van der Waals surface area contributed by atoms with Crippen LogP contribution in [0.4, 0.5) is 5.69 Å². The largest absolute Gasteiger partial charge is 0.489 e. The summed E-state index contributed by atoms with van der Waals surface area (Å²) in [5, 5.41) is 3.42. The van der Waals surface area contributed by atoms with Crippen molar-refractivity contribution in [2.45, 2.75) is 13.2 Å². The van der Waals surface area contributed by atoms with E-state index in [1.54, 1.807) is 0 Å². The van der Waals surface area contributed by atoms with Crippen LogP contribution in [0.15, 0.2) is 84.9 Å². The van der Waals surface area contributed by atoms with E-state index in [0.717, 1.165) is 18.0 Å². The summed E-state index contributed by atoms with van der Waals surface area (Å²) in [6.07, 6.45) is 0. The molecule has 0 amide bonds. The van der Waals surface area contributed by atoms with E-state index in [1.165, 1.54) is 11.1 Å². The maximum Gasteiger partial charge on any atom is 0.121 e. The fourth-order valence-corrected chi connectivity index (χ4v) is 2.24. The van der Waals surface area contributed by atoms with Crippen molar-refractivity contribution >= 4 is 5.69 Å². The molecule has 0 atom stereocenters. The molecule has 0 unspecified atom stereocenters. The van der Waals surface area contributed by atoms with Crippen molar-refractivity contribution in [3.63, 3.8) is 0 Å². The van der Waals surface area contributed by atoms with Crippen LogP contribution in [0.2, 0.25) is 0 Å². The molecule has 3 aromatic rings. The molecule has 0 aliphatic heterocycles. The fourth-order valence-electron chi connectivity index (χ4n) is 2.24. The van der Waals surface area contributed by atoms with Gasteiger partial charge in [-0.05, 0) is 23.3 Å². The van der Waals surface area contributed by atoms with Gasteiger partial charge in [0.2, 0.25) is 0 Å². The number of hydrogen-bond donors (Lipinski definition) is 1. The van der Waals surface area contributed by atoms with Crippen molar-refractivity contribution in [3.8, 4) is 5.75 Å². The zero-order valence-electron chi connectivity index (χ0n) is 12.4. The summed E-state index contributed by atoms with van der Waals surface area (Å²) >= 11 is 0. The van der Waals surface area contributed by atoms with Gasteiger partial charge in [-0.3, -0.25) is 0 Å². The van der Waals surface area contributed by atoms with Gasteiger partial charge in [-0.2, -0.15) is 0 Å². The zero-order valence-corrected chi connectivity index (χ0v) is 12.4. The van der Waals surface area contributed by atoms with Crippen LogP contribution in [-0.4, -0.2) is 0 Å². The second kappa shape index (κ2) is 7.32. The normalized spacial score (nSPS) is 10.2. The van der Waals surface area contributed by atoms with Crippen molar-refractivity contribution in [2.24, 2.45) is 0 Å². The zero-order chi connectivity index (χ0) is 15.0. The first-order valence-electron chi connectivity index (χ1n) is 7.45. The Kier molecular flexibility index (Phi) is 4.73. The highest BCUT2D eigenvalue weighted by Gasteiger charge is 1.98. The SMILES string of the molecule is c1ccc(CNc2cccc(OCc3ccccc3)c2)cc1. The van der Waals surface area contributed by atoms with E-state index in [4.69, 9.17) is 4.74 Å². The van der Waals surface area contributed by atoms with E-state index < -0.39 is 0 Å². The molecule has 0 radical (unpaired) electrons. The molecule has 22 heavy (non-hydrogen) atoms. The minimum atomic E-state index is 0.586. The van der Waals surface area contributed by atoms with Gasteiger partial charge in [0.25, 0.3) is 0 Å². The molecule has 0 saturated heterocycles. The van der Waals surface area contributed by atoms with Gasteiger partial charge in [0.1, 0.15) is 12.4 Å². The Morgan fingerprint density at radius 2 is 1.36 bits per heavy atom. The standard InChI is InChI=1S/C20H19NO/c1-3-8-17(9-4-1)15-21-19-12-7-13-20(14-19)22-16-18-10-5-2-6-11-18/h1-14,21H,15-16H2. The number of anilines is 1. The molecule has 3 rings (SSSR count). The minimum Gasteiger partial charge on any atom is -0.489 e. The molecule has 3 aromatic carbocycles. The van der Waals surface area contributed by atoms with Gasteiger partial charge >= 0.3 is 0 Å². The number of hydrogen-bond acceptors (Lipinski definition) is 2. The molecule has 0 fully saturated rings. The molecule has 2 nitrogen and oxygen atoms in total. The number of nitrogens with one attached hydrogen (secondary N) is 1. The molecule has 0 aliphatic rings. The molecule has 2 heteroatoms. The molecule has 0 heterocycles. The number of rotatable bonds is 6. The van der Waals surface area contributed by atoms with Crippen molar-refractivity contribution in [1.29, 1.82) is 0 Å². The predicted molar refractivity (Wildman–Crippen MR) is 91.0 cm³/mol.